The van der Waals surface area contributed by atoms with Crippen LogP contribution in [0.25, 0.3) is 0 Å². The second kappa shape index (κ2) is 5.25. The van der Waals surface area contributed by atoms with Crippen molar-refractivity contribution in [2.45, 2.75) is 45.0 Å². The van der Waals surface area contributed by atoms with E-state index in [0.29, 0.717) is 6.54 Å². The van der Waals surface area contributed by atoms with Crippen LogP contribution in [0.15, 0.2) is 0 Å². The van der Waals surface area contributed by atoms with Gasteiger partial charge in [-0.2, -0.15) is 0 Å². The van der Waals surface area contributed by atoms with Gasteiger partial charge in [-0.3, -0.25) is 4.90 Å². The average Bonchev–Trinajstić information content (AvgIpc) is 2.14. The molecule has 0 aromatic carbocycles. The summed E-state index contributed by atoms with van der Waals surface area (Å²) in [6.07, 6.45) is 1.30. The van der Waals surface area contributed by atoms with E-state index in [1.54, 1.807) is 6.92 Å². The van der Waals surface area contributed by atoms with Gasteiger partial charge in [0.15, 0.2) is 0 Å². The third-order valence-corrected chi connectivity index (χ3v) is 2.90. The third kappa shape index (κ3) is 4.47. The molecule has 1 saturated heterocycles. The average molecular weight is 216 g/mol. The van der Waals surface area contributed by atoms with E-state index in [-0.39, 0.29) is 12.2 Å². The lowest BCUT2D eigenvalue weighted by Gasteiger charge is -2.36. The van der Waals surface area contributed by atoms with Gasteiger partial charge in [-0.05, 0) is 27.2 Å². The van der Waals surface area contributed by atoms with Crippen molar-refractivity contribution >= 4 is 0 Å². The number of nitrogens with zero attached hydrogens (tertiary/aromatic N) is 1. The van der Waals surface area contributed by atoms with E-state index in [0.717, 1.165) is 26.1 Å². The first-order chi connectivity index (χ1) is 6.93. The predicted octanol–water partition coefficient (Wildman–Crippen LogP) is 0.195. The van der Waals surface area contributed by atoms with Gasteiger partial charge < -0.3 is 15.6 Å². The molecule has 3 atom stereocenters. The highest BCUT2D eigenvalue weighted by Gasteiger charge is 2.25. The largest absolute Gasteiger partial charge is 0.389 e. The third-order valence-electron chi connectivity index (χ3n) is 2.90. The molecule has 1 aliphatic heterocycles. The Morgan fingerprint density at radius 1 is 1.40 bits per heavy atom. The first-order valence-corrected chi connectivity index (χ1v) is 5.73. The Morgan fingerprint density at radius 3 is 2.40 bits per heavy atom. The molecule has 0 radical (unpaired) electrons. The number of nitrogens with two attached hydrogens (primary N) is 1. The molecule has 0 aromatic heterocycles. The van der Waals surface area contributed by atoms with Crippen LogP contribution in [0.3, 0.4) is 0 Å². The summed E-state index contributed by atoms with van der Waals surface area (Å²) in [6.45, 7) is 9.08. The molecule has 1 fully saturated rings. The Hall–Kier alpha value is -0.160. The minimum absolute atomic E-state index is 0.288. The van der Waals surface area contributed by atoms with Gasteiger partial charge in [-0.25, -0.2) is 0 Å². The molecular formula is C11H24N2O2. The quantitative estimate of drug-likeness (QED) is 0.704. The molecule has 0 saturated carbocycles. The van der Waals surface area contributed by atoms with Crippen LogP contribution in [0.5, 0.6) is 0 Å². The molecule has 0 spiro atoms. The monoisotopic (exact) mass is 216 g/mol. The Kier molecular flexibility index (Phi) is 4.52. The standard InChI is InChI=1S/C11H24N2O2/c1-9-6-13(7-10(2)15-9)5-4-11(3,14)8-12/h9-10,14H,4-8,12H2,1-3H3/t9-,10+,11?. The fourth-order valence-electron chi connectivity index (χ4n) is 1.97. The molecule has 1 rings (SSSR count). The minimum Gasteiger partial charge on any atom is -0.389 e. The normalized spacial score (nSPS) is 32.6. The van der Waals surface area contributed by atoms with Crippen molar-refractivity contribution in [2.75, 3.05) is 26.2 Å². The summed E-state index contributed by atoms with van der Waals surface area (Å²) in [4.78, 5) is 2.34. The van der Waals surface area contributed by atoms with Gasteiger partial charge in [0.25, 0.3) is 0 Å². The van der Waals surface area contributed by atoms with Crippen molar-refractivity contribution < 1.29 is 9.84 Å². The lowest BCUT2D eigenvalue weighted by atomic mass is 10.0. The molecule has 1 unspecified atom stereocenters. The molecule has 0 aromatic rings. The molecule has 90 valence electrons. The molecule has 15 heavy (non-hydrogen) atoms. The lowest BCUT2D eigenvalue weighted by Crippen LogP contribution is -2.47. The molecule has 1 heterocycles. The van der Waals surface area contributed by atoms with Crippen molar-refractivity contribution in [3.05, 3.63) is 0 Å². The molecule has 0 bridgehead atoms. The minimum atomic E-state index is -0.731. The van der Waals surface area contributed by atoms with E-state index in [1.165, 1.54) is 0 Å². The Labute approximate surface area is 92.4 Å². The highest BCUT2D eigenvalue weighted by molar-refractivity contribution is 4.78. The van der Waals surface area contributed by atoms with Crippen LogP contribution >= 0.6 is 0 Å². The molecule has 3 N–H and O–H groups in total. The zero-order valence-electron chi connectivity index (χ0n) is 10.1. The second-order valence-corrected chi connectivity index (χ2v) is 4.97. The summed E-state index contributed by atoms with van der Waals surface area (Å²) in [7, 11) is 0. The first kappa shape index (κ1) is 12.9. The fourth-order valence-corrected chi connectivity index (χ4v) is 1.97. The van der Waals surface area contributed by atoms with E-state index >= 15 is 0 Å². The van der Waals surface area contributed by atoms with Crippen LogP contribution < -0.4 is 5.73 Å². The predicted molar refractivity (Wildman–Crippen MR) is 60.7 cm³/mol. The van der Waals surface area contributed by atoms with Gasteiger partial charge in [0.1, 0.15) is 0 Å². The van der Waals surface area contributed by atoms with Crippen LogP contribution in [0, 0.1) is 0 Å². The smallest absolute Gasteiger partial charge is 0.0753 e. The van der Waals surface area contributed by atoms with Crippen molar-refractivity contribution in [3.63, 3.8) is 0 Å². The molecule has 4 nitrogen and oxygen atoms in total. The van der Waals surface area contributed by atoms with Gasteiger partial charge in [-0.15, -0.1) is 0 Å². The van der Waals surface area contributed by atoms with Gasteiger partial charge >= 0.3 is 0 Å². The zero-order chi connectivity index (χ0) is 11.5. The van der Waals surface area contributed by atoms with E-state index < -0.39 is 5.60 Å². The van der Waals surface area contributed by atoms with Gasteiger partial charge in [0.05, 0.1) is 17.8 Å². The maximum atomic E-state index is 9.80. The van der Waals surface area contributed by atoms with Gasteiger partial charge in [0.2, 0.25) is 0 Å². The summed E-state index contributed by atoms with van der Waals surface area (Å²) >= 11 is 0. The molecule has 4 heteroatoms. The Bertz CT molecular complexity index is 187. The van der Waals surface area contributed by atoms with Crippen LogP contribution in [-0.2, 0) is 4.74 Å². The summed E-state index contributed by atoms with van der Waals surface area (Å²) in [5.41, 5.74) is 4.75. The number of morpholine rings is 1. The van der Waals surface area contributed by atoms with Crippen LogP contribution in [0.4, 0.5) is 0 Å². The van der Waals surface area contributed by atoms with E-state index in [9.17, 15) is 5.11 Å². The lowest BCUT2D eigenvalue weighted by molar-refractivity contribution is -0.0733. The first-order valence-electron chi connectivity index (χ1n) is 5.73. The summed E-state index contributed by atoms with van der Waals surface area (Å²) in [6, 6.07) is 0. The van der Waals surface area contributed by atoms with E-state index in [4.69, 9.17) is 10.5 Å². The molecular weight excluding hydrogens is 192 g/mol. The summed E-state index contributed by atoms with van der Waals surface area (Å²) < 4.78 is 5.65. The van der Waals surface area contributed by atoms with Crippen molar-refractivity contribution in [1.82, 2.24) is 4.90 Å². The number of hydrogen-bond donors (Lipinski definition) is 2. The molecule has 0 amide bonds. The maximum absolute atomic E-state index is 9.80. The number of rotatable bonds is 4. The number of aliphatic hydroxyl groups is 1. The van der Waals surface area contributed by atoms with Crippen LogP contribution in [0.2, 0.25) is 0 Å². The Balaban J connectivity index is 2.32. The number of hydrogen-bond acceptors (Lipinski definition) is 4. The second-order valence-electron chi connectivity index (χ2n) is 4.97. The van der Waals surface area contributed by atoms with Crippen LogP contribution in [-0.4, -0.2) is 54.0 Å². The SMILES string of the molecule is C[C@@H]1CN(CCC(C)(O)CN)C[C@H](C)O1. The van der Waals surface area contributed by atoms with Crippen LogP contribution in [0.1, 0.15) is 27.2 Å². The van der Waals surface area contributed by atoms with Gasteiger partial charge in [0, 0.05) is 26.2 Å². The Morgan fingerprint density at radius 2 is 1.93 bits per heavy atom. The summed E-state index contributed by atoms with van der Waals surface area (Å²) in [5.74, 6) is 0. The maximum Gasteiger partial charge on any atom is 0.0753 e. The van der Waals surface area contributed by atoms with E-state index in [1.807, 2.05) is 0 Å². The topological polar surface area (TPSA) is 58.7 Å². The van der Waals surface area contributed by atoms with Crippen molar-refractivity contribution in [3.8, 4) is 0 Å². The molecule has 1 aliphatic rings. The number of ether oxygens (including phenoxy) is 1. The molecule has 0 aliphatic carbocycles. The highest BCUT2D eigenvalue weighted by Crippen LogP contribution is 2.14. The van der Waals surface area contributed by atoms with Gasteiger partial charge in [-0.1, -0.05) is 0 Å². The zero-order valence-corrected chi connectivity index (χ0v) is 10.1. The highest BCUT2D eigenvalue weighted by atomic mass is 16.5. The summed E-state index contributed by atoms with van der Waals surface area (Å²) in [5, 5.41) is 9.80. The fraction of sp³-hybridized carbons (Fsp3) is 1.00. The van der Waals surface area contributed by atoms with Crippen molar-refractivity contribution in [2.24, 2.45) is 5.73 Å². The van der Waals surface area contributed by atoms with Crippen molar-refractivity contribution in [1.29, 1.82) is 0 Å². The van der Waals surface area contributed by atoms with E-state index in [2.05, 4.69) is 18.7 Å².